The van der Waals surface area contributed by atoms with Gasteiger partial charge in [-0.05, 0) is 28.1 Å². The minimum absolute atomic E-state index is 0.969. The summed E-state index contributed by atoms with van der Waals surface area (Å²) in [5, 5.41) is 7.32. The van der Waals surface area contributed by atoms with Crippen LogP contribution in [0.3, 0.4) is 0 Å². The van der Waals surface area contributed by atoms with Gasteiger partial charge >= 0.3 is 0 Å². The monoisotopic (exact) mass is 251 g/mol. The third-order valence-electron chi connectivity index (χ3n) is 1.98. The predicted octanol–water partition coefficient (Wildman–Crippen LogP) is 2.68. The van der Waals surface area contributed by atoms with E-state index in [-0.39, 0.29) is 0 Å². The summed E-state index contributed by atoms with van der Waals surface area (Å²) in [7, 11) is 1.88. The van der Waals surface area contributed by atoms with Crippen LogP contribution in [0.15, 0.2) is 41.0 Å². The molecule has 1 heterocycles. The number of anilines is 1. The third-order valence-corrected chi connectivity index (χ3v) is 2.65. The molecule has 0 unspecified atom stereocenters. The van der Waals surface area contributed by atoms with Gasteiger partial charge in [0.1, 0.15) is 5.82 Å². The van der Waals surface area contributed by atoms with Crippen molar-refractivity contribution >= 4 is 21.7 Å². The first-order valence-corrected chi connectivity index (χ1v) is 5.09. The molecule has 1 aromatic heterocycles. The summed E-state index contributed by atoms with van der Waals surface area (Å²) in [6.07, 6.45) is 1.77. The molecule has 0 aliphatic heterocycles. The van der Waals surface area contributed by atoms with E-state index in [1.165, 1.54) is 0 Å². The van der Waals surface area contributed by atoms with Crippen LogP contribution in [-0.2, 0) is 0 Å². The first-order chi connectivity index (χ1) is 6.83. The molecule has 1 aromatic carbocycles. The molecule has 0 spiro atoms. The van der Waals surface area contributed by atoms with Crippen molar-refractivity contribution in [1.82, 2.24) is 9.78 Å². The Morgan fingerprint density at radius 3 is 2.79 bits per heavy atom. The maximum atomic E-state index is 4.24. The molecular weight excluding hydrogens is 242 g/mol. The van der Waals surface area contributed by atoms with Crippen LogP contribution in [-0.4, -0.2) is 16.8 Å². The minimum Gasteiger partial charge on any atom is -0.373 e. The summed E-state index contributed by atoms with van der Waals surface area (Å²) in [6.45, 7) is 0. The molecule has 14 heavy (non-hydrogen) atoms. The van der Waals surface area contributed by atoms with Crippen LogP contribution in [0.1, 0.15) is 0 Å². The van der Waals surface area contributed by atoms with Crippen molar-refractivity contribution in [3.05, 3.63) is 41.0 Å². The van der Waals surface area contributed by atoms with Gasteiger partial charge in [0.25, 0.3) is 0 Å². The van der Waals surface area contributed by atoms with Crippen molar-refractivity contribution in [2.24, 2.45) is 0 Å². The van der Waals surface area contributed by atoms with Crippen LogP contribution in [0, 0.1) is 0 Å². The highest BCUT2D eigenvalue weighted by molar-refractivity contribution is 9.10. The van der Waals surface area contributed by atoms with Crippen molar-refractivity contribution in [1.29, 1.82) is 0 Å². The third kappa shape index (κ3) is 1.53. The lowest BCUT2D eigenvalue weighted by molar-refractivity contribution is 0.881. The Bertz CT molecular complexity index is 436. The highest BCUT2D eigenvalue weighted by atomic mass is 79.9. The second kappa shape index (κ2) is 3.84. The second-order valence-electron chi connectivity index (χ2n) is 2.83. The number of para-hydroxylation sites is 1. The van der Waals surface area contributed by atoms with E-state index in [0.717, 1.165) is 16.0 Å². The quantitative estimate of drug-likeness (QED) is 0.890. The predicted molar refractivity (Wildman–Crippen MR) is 60.8 cm³/mol. The summed E-state index contributed by atoms with van der Waals surface area (Å²) < 4.78 is 2.88. The lowest BCUT2D eigenvalue weighted by atomic mass is 10.3. The van der Waals surface area contributed by atoms with Gasteiger partial charge in [-0.2, -0.15) is 5.10 Å². The van der Waals surface area contributed by atoms with Gasteiger partial charge in [0.15, 0.2) is 0 Å². The van der Waals surface area contributed by atoms with Crippen LogP contribution in [0.25, 0.3) is 5.69 Å². The molecule has 0 saturated carbocycles. The highest BCUT2D eigenvalue weighted by Gasteiger charge is 2.05. The standard InChI is InChI=1S/C10H10BrN3/c1-12-10-6-7-13-14(10)9-5-3-2-4-8(9)11/h2-7,12H,1H3. The minimum atomic E-state index is 0.969. The fraction of sp³-hybridized carbons (Fsp3) is 0.100. The molecule has 0 radical (unpaired) electrons. The molecule has 0 amide bonds. The number of hydrogen-bond donors (Lipinski definition) is 1. The molecule has 3 nitrogen and oxygen atoms in total. The van der Waals surface area contributed by atoms with Crippen LogP contribution in [0.2, 0.25) is 0 Å². The summed E-state index contributed by atoms with van der Waals surface area (Å²) in [5.41, 5.74) is 1.03. The Hall–Kier alpha value is -1.29. The average Bonchev–Trinajstić information content (AvgIpc) is 2.66. The fourth-order valence-corrected chi connectivity index (χ4v) is 1.76. The molecule has 72 valence electrons. The van der Waals surface area contributed by atoms with E-state index in [9.17, 15) is 0 Å². The smallest absolute Gasteiger partial charge is 0.129 e. The Morgan fingerprint density at radius 1 is 1.29 bits per heavy atom. The number of halogens is 1. The molecule has 2 rings (SSSR count). The molecular formula is C10H10BrN3. The van der Waals surface area contributed by atoms with E-state index in [1.54, 1.807) is 6.20 Å². The molecule has 0 atom stereocenters. The molecule has 1 N–H and O–H groups in total. The van der Waals surface area contributed by atoms with Crippen LogP contribution >= 0.6 is 15.9 Å². The van der Waals surface area contributed by atoms with E-state index in [0.29, 0.717) is 0 Å². The normalized spacial score (nSPS) is 10.1. The van der Waals surface area contributed by atoms with Crippen molar-refractivity contribution in [3.8, 4) is 5.69 Å². The molecule has 0 fully saturated rings. The van der Waals surface area contributed by atoms with E-state index < -0.39 is 0 Å². The highest BCUT2D eigenvalue weighted by Crippen LogP contribution is 2.22. The molecule has 2 aromatic rings. The average molecular weight is 252 g/mol. The van der Waals surface area contributed by atoms with Gasteiger partial charge in [-0.25, -0.2) is 4.68 Å². The topological polar surface area (TPSA) is 29.9 Å². The van der Waals surface area contributed by atoms with Gasteiger partial charge in [-0.15, -0.1) is 0 Å². The van der Waals surface area contributed by atoms with Gasteiger partial charge in [0.05, 0.1) is 11.9 Å². The fourth-order valence-electron chi connectivity index (χ4n) is 1.31. The molecule has 0 aliphatic rings. The number of aromatic nitrogens is 2. The second-order valence-corrected chi connectivity index (χ2v) is 3.68. The molecule has 0 aliphatic carbocycles. The number of nitrogens with zero attached hydrogens (tertiary/aromatic N) is 2. The van der Waals surface area contributed by atoms with Crippen LogP contribution in [0.4, 0.5) is 5.82 Å². The number of hydrogen-bond acceptors (Lipinski definition) is 2. The van der Waals surface area contributed by atoms with E-state index in [1.807, 2.05) is 42.1 Å². The van der Waals surface area contributed by atoms with Crippen LogP contribution < -0.4 is 5.32 Å². The van der Waals surface area contributed by atoms with E-state index >= 15 is 0 Å². The number of nitrogens with one attached hydrogen (secondary N) is 1. The van der Waals surface area contributed by atoms with Crippen LogP contribution in [0.5, 0.6) is 0 Å². The lowest BCUT2D eigenvalue weighted by Gasteiger charge is -2.07. The summed E-state index contributed by atoms with van der Waals surface area (Å²) in [5.74, 6) is 0.969. The molecule has 0 bridgehead atoms. The summed E-state index contributed by atoms with van der Waals surface area (Å²) in [6, 6.07) is 9.91. The zero-order valence-electron chi connectivity index (χ0n) is 7.74. The SMILES string of the molecule is CNc1ccnn1-c1ccccc1Br. The number of rotatable bonds is 2. The Morgan fingerprint density at radius 2 is 2.07 bits per heavy atom. The zero-order valence-corrected chi connectivity index (χ0v) is 9.32. The Kier molecular flexibility index (Phi) is 2.54. The first kappa shape index (κ1) is 9.27. The molecule has 0 saturated heterocycles. The van der Waals surface area contributed by atoms with Crippen molar-refractivity contribution < 1.29 is 0 Å². The lowest BCUT2D eigenvalue weighted by Crippen LogP contribution is -2.02. The zero-order chi connectivity index (χ0) is 9.97. The van der Waals surface area contributed by atoms with Gasteiger partial charge < -0.3 is 5.32 Å². The van der Waals surface area contributed by atoms with Gasteiger partial charge in [0.2, 0.25) is 0 Å². The van der Waals surface area contributed by atoms with Gasteiger partial charge in [-0.3, -0.25) is 0 Å². The Labute approximate surface area is 90.9 Å². The Balaban J connectivity index is 2.54. The molecule has 4 heteroatoms. The van der Waals surface area contributed by atoms with E-state index in [2.05, 4.69) is 26.3 Å². The first-order valence-electron chi connectivity index (χ1n) is 4.29. The van der Waals surface area contributed by atoms with Crippen molar-refractivity contribution in [2.75, 3.05) is 12.4 Å². The maximum Gasteiger partial charge on any atom is 0.129 e. The summed E-state index contributed by atoms with van der Waals surface area (Å²) >= 11 is 3.49. The van der Waals surface area contributed by atoms with Gasteiger partial charge in [-0.1, -0.05) is 12.1 Å². The maximum absolute atomic E-state index is 4.24. The van der Waals surface area contributed by atoms with Crippen molar-refractivity contribution in [2.45, 2.75) is 0 Å². The van der Waals surface area contributed by atoms with Gasteiger partial charge in [0, 0.05) is 17.6 Å². The number of benzene rings is 1. The van der Waals surface area contributed by atoms with Crippen molar-refractivity contribution in [3.63, 3.8) is 0 Å². The van der Waals surface area contributed by atoms with E-state index in [4.69, 9.17) is 0 Å². The largest absolute Gasteiger partial charge is 0.373 e. The summed E-state index contributed by atoms with van der Waals surface area (Å²) in [4.78, 5) is 0.